The van der Waals surface area contributed by atoms with Crippen LogP contribution in [0.4, 0.5) is 0 Å². The van der Waals surface area contributed by atoms with Gasteiger partial charge in [-0.05, 0) is 50.7 Å². The second-order valence-electron chi connectivity index (χ2n) is 10.1. The Balaban J connectivity index is 1.55. The predicted molar refractivity (Wildman–Crippen MR) is 119 cm³/mol. The molecule has 1 unspecified atom stereocenters. The second kappa shape index (κ2) is 6.77. The molecule has 1 atom stereocenters. The van der Waals surface area contributed by atoms with E-state index in [4.69, 9.17) is 9.47 Å². The van der Waals surface area contributed by atoms with Crippen molar-refractivity contribution < 1.29 is 19.4 Å². The Kier molecular flexibility index (Phi) is 4.17. The van der Waals surface area contributed by atoms with Crippen LogP contribution in [0.1, 0.15) is 73.5 Å². The molecule has 3 aliphatic heterocycles. The highest BCUT2D eigenvalue weighted by Crippen LogP contribution is 2.53. The fourth-order valence-corrected chi connectivity index (χ4v) is 5.71. The highest BCUT2D eigenvalue weighted by molar-refractivity contribution is 5.88. The number of hydrogen-bond acceptors (Lipinski definition) is 5. The van der Waals surface area contributed by atoms with Crippen LogP contribution in [0.15, 0.2) is 23.1 Å². The summed E-state index contributed by atoms with van der Waals surface area (Å²) < 4.78 is 14.2. The van der Waals surface area contributed by atoms with Crippen molar-refractivity contribution in [2.24, 2.45) is 5.92 Å². The summed E-state index contributed by atoms with van der Waals surface area (Å²) in [6.07, 6.45) is 7.86. The fourth-order valence-electron chi connectivity index (χ4n) is 5.71. The molecule has 0 radical (unpaired) electrons. The summed E-state index contributed by atoms with van der Waals surface area (Å²) in [5.74, 6) is 1.19. The van der Waals surface area contributed by atoms with Gasteiger partial charge in [0.15, 0.2) is 16.9 Å². The smallest absolute Gasteiger partial charge is 0.341 e. The lowest BCUT2D eigenvalue weighted by Gasteiger charge is -2.45. The van der Waals surface area contributed by atoms with Gasteiger partial charge in [-0.3, -0.25) is 14.5 Å². The van der Waals surface area contributed by atoms with Crippen LogP contribution in [0.2, 0.25) is 0 Å². The highest BCUT2D eigenvalue weighted by Gasteiger charge is 2.46. The third-order valence-corrected chi connectivity index (χ3v) is 7.51. The van der Waals surface area contributed by atoms with E-state index < -0.39 is 11.4 Å². The van der Waals surface area contributed by atoms with Gasteiger partial charge in [-0.2, -0.15) is 0 Å². The van der Waals surface area contributed by atoms with Gasteiger partial charge in [-0.25, -0.2) is 4.79 Å². The average Bonchev–Trinajstić information content (AvgIpc) is 3.32. The zero-order valence-corrected chi connectivity index (χ0v) is 18.5. The number of nitrogens with zero attached hydrogens (tertiary/aromatic N) is 2. The molecule has 2 aromatic rings. The number of benzene rings is 1. The molecular formula is C25H28N2O5. The Bertz CT molecular complexity index is 1190. The molecule has 0 amide bonds. The van der Waals surface area contributed by atoms with E-state index in [0.29, 0.717) is 13.2 Å². The molecule has 1 N–H and O–H groups in total. The summed E-state index contributed by atoms with van der Waals surface area (Å²) >= 11 is 0. The molecule has 2 fully saturated rings. The van der Waals surface area contributed by atoms with Crippen molar-refractivity contribution in [1.82, 2.24) is 4.68 Å². The van der Waals surface area contributed by atoms with Gasteiger partial charge >= 0.3 is 5.97 Å². The standard InChI is InChI=1S/C25H28N2O5/c1-25(2)8-5-18-16-11-21(31-9-6-14-3-4-14)23-15(7-10-32-23)22(16)19-12-20(28)17(24(29)30)13-26(19)27(18)25/h11-14,18H,3-10H2,1-2H3,(H,29,30). The van der Waals surface area contributed by atoms with E-state index in [2.05, 4.69) is 24.9 Å². The average molecular weight is 437 g/mol. The Morgan fingerprint density at radius 1 is 1.28 bits per heavy atom. The minimum Gasteiger partial charge on any atom is -0.490 e. The summed E-state index contributed by atoms with van der Waals surface area (Å²) in [5.41, 5.74) is 3.14. The predicted octanol–water partition coefficient (Wildman–Crippen LogP) is 3.89. The lowest BCUT2D eigenvalue weighted by Crippen LogP contribution is -2.50. The molecule has 4 aliphatic rings. The zero-order chi connectivity index (χ0) is 22.2. The molecule has 1 aliphatic carbocycles. The van der Waals surface area contributed by atoms with Crippen LogP contribution in [0.25, 0.3) is 11.3 Å². The topological polar surface area (TPSA) is 81.0 Å². The molecule has 1 aromatic heterocycles. The van der Waals surface area contributed by atoms with Crippen molar-refractivity contribution in [2.45, 2.75) is 64.0 Å². The van der Waals surface area contributed by atoms with Crippen LogP contribution in [0, 0.1) is 5.92 Å². The molecule has 1 saturated heterocycles. The first-order chi connectivity index (χ1) is 15.3. The van der Waals surface area contributed by atoms with Crippen molar-refractivity contribution >= 4 is 5.97 Å². The van der Waals surface area contributed by atoms with Crippen LogP contribution in [-0.2, 0) is 6.42 Å². The number of aromatic nitrogens is 1. The van der Waals surface area contributed by atoms with E-state index in [1.807, 2.05) is 4.68 Å². The Morgan fingerprint density at radius 3 is 2.84 bits per heavy atom. The monoisotopic (exact) mass is 436 g/mol. The summed E-state index contributed by atoms with van der Waals surface area (Å²) in [4.78, 5) is 24.4. The number of aromatic carboxylic acids is 1. The fraction of sp³-hybridized carbons (Fsp3) is 0.520. The lowest BCUT2D eigenvalue weighted by atomic mass is 9.89. The summed E-state index contributed by atoms with van der Waals surface area (Å²) in [6.45, 7) is 5.62. The number of carbonyl (C=O) groups is 1. The van der Waals surface area contributed by atoms with Gasteiger partial charge in [-0.1, -0.05) is 12.8 Å². The second-order valence-corrected chi connectivity index (χ2v) is 10.1. The van der Waals surface area contributed by atoms with Crippen molar-refractivity contribution in [3.63, 3.8) is 0 Å². The maximum absolute atomic E-state index is 12.7. The number of ether oxygens (including phenoxy) is 2. The molecule has 1 saturated carbocycles. The maximum atomic E-state index is 12.7. The summed E-state index contributed by atoms with van der Waals surface area (Å²) in [7, 11) is 0. The Labute approximate surface area is 186 Å². The van der Waals surface area contributed by atoms with Gasteiger partial charge in [0.25, 0.3) is 0 Å². The number of rotatable bonds is 5. The van der Waals surface area contributed by atoms with E-state index >= 15 is 0 Å². The molecule has 0 spiro atoms. The van der Waals surface area contributed by atoms with Gasteiger partial charge < -0.3 is 14.6 Å². The Hall–Kier alpha value is -2.96. The van der Waals surface area contributed by atoms with Crippen LogP contribution in [-0.4, -0.2) is 34.5 Å². The first-order valence-corrected chi connectivity index (χ1v) is 11.6. The lowest BCUT2D eigenvalue weighted by molar-refractivity contribution is 0.0694. The van der Waals surface area contributed by atoms with E-state index in [-0.39, 0.29) is 17.1 Å². The van der Waals surface area contributed by atoms with Crippen molar-refractivity contribution in [1.29, 1.82) is 0 Å². The van der Waals surface area contributed by atoms with E-state index in [9.17, 15) is 14.7 Å². The minimum absolute atomic E-state index is 0.0910. The Morgan fingerprint density at radius 2 is 2.09 bits per heavy atom. The number of carboxylic acids is 1. The normalized spacial score (nSPS) is 21.9. The maximum Gasteiger partial charge on any atom is 0.341 e. The molecule has 168 valence electrons. The minimum atomic E-state index is -1.20. The molecule has 1 aromatic carbocycles. The summed E-state index contributed by atoms with van der Waals surface area (Å²) in [5, 5.41) is 11.8. The van der Waals surface area contributed by atoms with Crippen molar-refractivity contribution in [2.75, 3.05) is 18.2 Å². The van der Waals surface area contributed by atoms with Gasteiger partial charge in [0.2, 0.25) is 0 Å². The largest absolute Gasteiger partial charge is 0.490 e. The zero-order valence-electron chi connectivity index (χ0n) is 18.5. The van der Waals surface area contributed by atoms with Crippen LogP contribution >= 0.6 is 0 Å². The van der Waals surface area contributed by atoms with Crippen LogP contribution < -0.4 is 19.9 Å². The first-order valence-electron chi connectivity index (χ1n) is 11.6. The third kappa shape index (κ3) is 2.86. The van der Waals surface area contributed by atoms with E-state index in [0.717, 1.165) is 65.5 Å². The molecular weight excluding hydrogens is 408 g/mol. The molecule has 7 nitrogen and oxygen atoms in total. The number of fused-ring (bicyclic) bond motifs is 8. The molecule has 7 heteroatoms. The number of hydrogen-bond donors (Lipinski definition) is 1. The van der Waals surface area contributed by atoms with Gasteiger partial charge in [0, 0.05) is 29.8 Å². The van der Waals surface area contributed by atoms with Gasteiger partial charge in [0.05, 0.1) is 30.5 Å². The quantitative estimate of drug-likeness (QED) is 0.766. The third-order valence-electron chi connectivity index (χ3n) is 7.51. The van der Waals surface area contributed by atoms with E-state index in [1.54, 1.807) is 0 Å². The van der Waals surface area contributed by atoms with Crippen molar-refractivity contribution in [3.8, 4) is 22.8 Å². The first kappa shape index (κ1) is 19.7. The molecule has 4 heterocycles. The van der Waals surface area contributed by atoms with E-state index in [1.165, 1.54) is 25.1 Å². The molecule has 6 rings (SSSR count). The van der Waals surface area contributed by atoms with Crippen molar-refractivity contribution in [3.05, 3.63) is 45.2 Å². The van der Waals surface area contributed by atoms with Gasteiger partial charge in [-0.15, -0.1) is 0 Å². The van der Waals surface area contributed by atoms with Crippen LogP contribution in [0.3, 0.4) is 0 Å². The van der Waals surface area contributed by atoms with Crippen LogP contribution in [0.5, 0.6) is 11.5 Å². The molecule has 32 heavy (non-hydrogen) atoms. The SMILES string of the molecule is CC1(C)CCC2c3cc(OCCC4CC4)c4c(c3-c3cc(=O)c(C(=O)O)cn3N21)CCO4. The number of carboxylic acid groups (broad SMARTS) is 1. The highest BCUT2D eigenvalue weighted by atomic mass is 16.5. The number of pyridine rings is 1. The molecule has 0 bridgehead atoms. The van der Waals surface area contributed by atoms with Gasteiger partial charge in [0.1, 0.15) is 5.56 Å². The summed E-state index contributed by atoms with van der Waals surface area (Å²) in [6, 6.07) is 3.69.